The van der Waals surface area contributed by atoms with Crippen LogP contribution in [0.2, 0.25) is 0 Å². The van der Waals surface area contributed by atoms with Crippen LogP contribution in [0.15, 0.2) is 51.6 Å². The molecule has 2 fully saturated rings. The number of carbonyl (C=O) groups is 1. The first-order valence-corrected chi connectivity index (χ1v) is 11.8. The third-order valence-electron chi connectivity index (χ3n) is 5.95. The van der Waals surface area contributed by atoms with Crippen LogP contribution in [0.25, 0.3) is 10.6 Å². The number of amides is 1. The van der Waals surface area contributed by atoms with Crippen molar-refractivity contribution in [1.82, 2.24) is 15.4 Å². The number of nitrogens with one attached hydrogen (secondary N) is 1. The molecule has 1 aliphatic carbocycles. The highest BCUT2D eigenvalue weighted by Gasteiger charge is 2.28. The van der Waals surface area contributed by atoms with Crippen molar-refractivity contribution in [3.05, 3.63) is 52.8 Å². The van der Waals surface area contributed by atoms with Crippen LogP contribution in [0.3, 0.4) is 0 Å². The average Bonchev–Trinajstić information content (AvgIpc) is 3.55. The van der Waals surface area contributed by atoms with Gasteiger partial charge in [0.15, 0.2) is 11.5 Å². The first kappa shape index (κ1) is 20.5. The molecule has 0 bridgehead atoms. The highest BCUT2D eigenvalue weighted by molar-refractivity contribution is 7.13. The predicted octanol–water partition coefficient (Wildman–Crippen LogP) is 3.62. The van der Waals surface area contributed by atoms with Crippen molar-refractivity contribution in [1.29, 1.82) is 0 Å². The molecule has 2 aromatic rings. The molecule has 8 heteroatoms. The molecule has 164 valence electrons. The number of thiophene rings is 1. The number of nitrogens with zero attached hydrogens (tertiary/aromatic N) is 2. The summed E-state index contributed by atoms with van der Waals surface area (Å²) in [6.45, 7) is 4.24. The summed E-state index contributed by atoms with van der Waals surface area (Å²) in [5, 5.41) is 9.18. The van der Waals surface area contributed by atoms with E-state index < -0.39 is 0 Å². The van der Waals surface area contributed by atoms with Gasteiger partial charge in [0.1, 0.15) is 18.5 Å². The third-order valence-corrected chi connectivity index (χ3v) is 6.83. The molecule has 5 rings (SSSR count). The summed E-state index contributed by atoms with van der Waals surface area (Å²) in [5.41, 5.74) is 1.59. The number of rotatable bonds is 7. The second kappa shape index (κ2) is 9.38. The third kappa shape index (κ3) is 4.92. The molecule has 4 heterocycles. The van der Waals surface area contributed by atoms with Crippen LogP contribution in [0.5, 0.6) is 0 Å². The van der Waals surface area contributed by atoms with Crippen LogP contribution >= 0.6 is 11.3 Å². The molecule has 1 N–H and O–H groups in total. The number of likely N-dealkylation sites (tertiary alicyclic amines) is 1. The van der Waals surface area contributed by atoms with E-state index in [2.05, 4.69) is 21.4 Å². The SMILES string of the molecule is O=C(N[C@@H](CC1=CC=C2OCCOC2C1)CN1CCCC1)c1cc(-c2cccs2)on1. The number of ether oxygens (including phenoxy) is 2. The molecule has 3 aliphatic rings. The molecule has 2 saturated heterocycles. The Kier molecular flexibility index (Phi) is 6.20. The zero-order valence-corrected chi connectivity index (χ0v) is 18.2. The molecule has 0 aromatic carbocycles. The average molecular weight is 442 g/mol. The van der Waals surface area contributed by atoms with E-state index in [-0.39, 0.29) is 18.1 Å². The summed E-state index contributed by atoms with van der Waals surface area (Å²) in [4.78, 5) is 16.3. The van der Waals surface area contributed by atoms with Gasteiger partial charge in [0, 0.05) is 25.1 Å². The zero-order valence-electron chi connectivity index (χ0n) is 17.4. The normalized spacial score (nSPS) is 22.3. The molecular formula is C23H27N3O4S. The molecule has 31 heavy (non-hydrogen) atoms. The predicted molar refractivity (Wildman–Crippen MR) is 118 cm³/mol. The number of aromatic nitrogens is 1. The van der Waals surface area contributed by atoms with Crippen LogP contribution in [-0.4, -0.2) is 61.0 Å². The standard InChI is InChI=1S/C23H27N3O4S/c27-23(18-14-21(30-25-18)22-4-3-11-31-22)24-17(15-26-7-1-2-8-26)12-16-5-6-19-20(13-16)29-10-9-28-19/h3-6,11,14,17,20H,1-2,7-10,12-13,15H2,(H,24,27)/t17-,20?/m0/s1. The van der Waals surface area contributed by atoms with Crippen LogP contribution in [0.4, 0.5) is 0 Å². The van der Waals surface area contributed by atoms with Gasteiger partial charge in [-0.05, 0) is 49.9 Å². The van der Waals surface area contributed by atoms with Gasteiger partial charge in [0.05, 0.1) is 11.5 Å². The molecule has 7 nitrogen and oxygen atoms in total. The Hall–Kier alpha value is -2.42. The summed E-state index contributed by atoms with van der Waals surface area (Å²) in [7, 11) is 0. The lowest BCUT2D eigenvalue weighted by Gasteiger charge is -2.31. The first-order valence-electron chi connectivity index (χ1n) is 10.9. The van der Waals surface area contributed by atoms with Gasteiger partial charge in [-0.2, -0.15) is 0 Å². The molecular weight excluding hydrogens is 414 g/mol. The summed E-state index contributed by atoms with van der Waals surface area (Å²) in [5.74, 6) is 1.35. The zero-order chi connectivity index (χ0) is 21.0. The van der Waals surface area contributed by atoms with Crippen LogP contribution in [0, 0.1) is 0 Å². The maximum Gasteiger partial charge on any atom is 0.273 e. The van der Waals surface area contributed by atoms with Crippen molar-refractivity contribution in [3.63, 3.8) is 0 Å². The Labute approximate surface area is 185 Å². The first-order chi connectivity index (χ1) is 15.2. The van der Waals surface area contributed by atoms with Crippen molar-refractivity contribution in [3.8, 4) is 10.6 Å². The Morgan fingerprint density at radius 3 is 3.03 bits per heavy atom. The lowest BCUT2D eigenvalue weighted by atomic mass is 9.94. The minimum atomic E-state index is -0.194. The van der Waals surface area contributed by atoms with Crippen LogP contribution in [-0.2, 0) is 9.47 Å². The minimum absolute atomic E-state index is 0.000725. The van der Waals surface area contributed by atoms with E-state index in [0.717, 1.165) is 43.1 Å². The largest absolute Gasteiger partial charge is 0.493 e. The summed E-state index contributed by atoms with van der Waals surface area (Å²) < 4.78 is 17.0. The van der Waals surface area contributed by atoms with E-state index in [4.69, 9.17) is 14.0 Å². The maximum atomic E-state index is 13.0. The fraction of sp³-hybridized carbons (Fsp3) is 0.478. The Morgan fingerprint density at radius 2 is 2.19 bits per heavy atom. The lowest BCUT2D eigenvalue weighted by molar-refractivity contribution is -0.0430. The van der Waals surface area contributed by atoms with Crippen molar-refractivity contribution >= 4 is 17.2 Å². The summed E-state index contributed by atoms with van der Waals surface area (Å²) in [6, 6.07) is 5.62. The number of fused-ring (bicyclic) bond motifs is 1. The Morgan fingerprint density at radius 1 is 1.29 bits per heavy atom. The maximum absolute atomic E-state index is 13.0. The lowest BCUT2D eigenvalue weighted by Crippen LogP contribution is -2.43. The van der Waals surface area contributed by atoms with Crippen molar-refractivity contribution in [2.45, 2.75) is 37.8 Å². The molecule has 1 unspecified atom stereocenters. The second-order valence-electron chi connectivity index (χ2n) is 8.24. The molecule has 0 spiro atoms. The number of hydrogen-bond acceptors (Lipinski definition) is 7. The van der Waals surface area contributed by atoms with Crippen LogP contribution in [0.1, 0.15) is 36.2 Å². The van der Waals surface area contributed by atoms with Crippen molar-refractivity contribution < 1.29 is 18.8 Å². The molecule has 2 atom stereocenters. The van der Waals surface area contributed by atoms with Gasteiger partial charge >= 0.3 is 0 Å². The fourth-order valence-electron chi connectivity index (χ4n) is 4.43. The highest BCUT2D eigenvalue weighted by atomic mass is 32.1. The quantitative estimate of drug-likeness (QED) is 0.707. The smallest absolute Gasteiger partial charge is 0.273 e. The van der Waals surface area contributed by atoms with Gasteiger partial charge in [0.2, 0.25) is 0 Å². The van der Waals surface area contributed by atoms with E-state index in [1.165, 1.54) is 18.4 Å². The molecule has 2 aliphatic heterocycles. The van der Waals surface area contributed by atoms with Crippen LogP contribution < -0.4 is 5.32 Å². The van der Waals surface area contributed by atoms with Gasteiger partial charge in [-0.1, -0.05) is 22.9 Å². The molecule has 0 radical (unpaired) electrons. The molecule has 2 aromatic heterocycles. The molecule has 1 amide bonds. The van der Waals surface area contributed by atoms with E-state index >= 15 is 0 Å². The fourth-order valence-corrected chi connectivity index (χ4v) is 5.10. The van der Waals surface area contributed by atoms with E-state index in [9.17, 15) is 4.79 Å². The number of carbonyl (C=O) groups excluding carboxylic acids is 1. The summed E-state index contributed by atoms with van der Waals surface area (Å²) >= 11 is 1.56. The minimum Gasteiger partial charge on any atom is -0.493 e. The van der Waals surface area contributed by atoms with Gasteiger partial charge in [-0.15, -0.1) is 11.3 Å². The van der Waals surface area contributed by atoms with Gasteiger partial charge in [-0.25, -0.2) is 0 Å². The van der Waals surface area contributed by atoms with Gasteiger partial charge < -0.3 is 24.2 Å². The molecule has 0 saturated carbocycles. The topological polar surface area (TPSA) is 76.8 Å². The Balaban J connectivity index is 1.27. The number of hydrogen-bond donors (Lipinski definition) is 1. The van der Waals surface area contributed by atoms with Gasteiger partial charge in [-0.3, -0.25) is 4.79 Å². The van der Waals surface area contributed by atoms with E-state index in [0.29, 0.717) is 24.7 Å². The van der Waals surface area contributed by atoms with Crippen molar-refractivity contribution in [2.75, 3.05) is 32.8 Å². The Bertz CT molecular complexity index is 959. The van der Waals surface area contributed by atoms with Gasteiger partial charge in [0.25, 0.3) is 5.91 Å². The van der Waals surface area contributed by atoms with E-state index in [1.54, 1.807) is 17.4 Å². The van der Waals surface area contributed by atoms with Crippen molar-refractivity contribution in [2.24, 2.45) is 0 Å². The highest BCUT2D eigenvalue weighted by Crippen LogP contribution is 2.29. The number of allylic oxidation sites excluding steroid dienone is 2. The second-order valence-corrected chi connectivity index (χ2v) is 9.19. The summed E-state index contributed by atoms with van der Waals surface area (Å²) in [6.07, 6.45) is 8.16. The monoisotopic (exact) mass is 441 g/mol. The van der Waals surface area contributed by atoms with E-state index in [1.807, 2.05) is 23.6 Å².